The smallest absolute Gasteiger partial charge is 0.317 e. The van der Waals surface area contributed by atoms with Gasteiger partial charge in [-0.25, -0.2) is 4.79 Å². The summed E-state index contributed by atoms with van der Waals surface area (Å²) in [5.41, 5.74) is 0.996. The van der Waals surface area contributed by atoms with Crippen molar-refractivity contribution in [3.8, 4) is 0 Å². The van der Waals surface area contributed by atoms with Gasteiger partial charge in [0.15, 0.2) is 0 Å². The molecule has 5 nitrogen and oxygen atoms in total. The molecule has 1 rings (SSSR count). The molecule has 0 saturated carbocycles. The first-order valence-corrected chi connectivity index (χ1v) is 5.18. The Balaban J connectivity index is 2.43. The highest BCUT2D eigenvalue weighted by Crippen LogP contribution is 1.96. The van der Waals surface area contributed by atoms with Crippen molar-refractivity contribution >= 4 is 6.03 Å². The van der Waals surface area contributed by atoms with E-state index in [-0.39, 0.29) is 6.03 Å². The molecule has 0 radical (unpaired) electrons. The lowest BCUT2D eigenvalue weighted by Crippen LogP contribution is -2.39. The second-order valence-electron chi connectivity index (χ2n) is 3.28. The van der Waals surface area contributed by atoms with E-state index in [9.17, 15) is 4.79 Å². The van der Waals surface area contributed by atoms with E-state index in [1.54, 1.807) is 15.8 Å². The molecule has 1 aromatic rings. The molecule has 0 bridgehead atoms. The molecule has 5 heteroatoms. The van der Waals surface area contributed by atoms with Gasteiger partial charge in [0.05, 0.1) is 12.2 Å². The molecule has 1 aromatic heterocycles. The molecular formula is C10H18N4O. The summed E-state index contributed by atoms with van der Waals surface area (Å²) in [6.45, 7) is 5.91. The largest absolute Gasteiger partial charge is 0.332 e. The van der Waals surface area contributed by atoms with Crippen LogP contribution in [0.2, 0.25) is 0 Å². The fourth-order valence-corrected chi connectivity index (χ4v) is 1.36. The van der Waals surface area contributed by atoms with Crippen molar-refractivity contribution in [2.45, 2.75) is 20.4 Å². The summed E-state index contributed by atoms with van der Waals surface area (Å²) in [5.74, 6) is 0. The Morgan fingerprint density at radius 1 is 1.53 bits per heavy atom. The maximum Gasteiger partial charge on any atom is 0.317 e. The molecule has 0 spiro atoms. The topological polar surface area (TPSA) is 50.2 Å². The molecule has 0 aliphatic carbocycles. The monoisotopic (exact) mass is 210 g/mol. The van der Waals surface area contributed by atoms with Gasteiger partial charge < -0.3 is 10.2 Å². The highest BCUT2D eigenvalue weighted by atomic mass is 16.2. The number of urea groups is 1. The van der Waals surface area contributed by atoms with Gasteiger partial charge in [-0.3, -0.25) is 4.68 Å². The first-order chi connectivity index (χ1) is 7.19. The molecule has 0 saturated heterocycles. The minimum Gasteiger partial charge on any atom is -0.332 e. The van der Waals surface area contributed by atoms with Crippen LogP contribution in [0.1, 0.15) is 19.5 Å². The van der Waals surface area contributed by atoms with Crippen LogP contribution in [-0.2, 0) is 13.6 Å². The Morgan fingerprint density at radius 2 is 2.20 bits per heavy atom. The Bertz CT molecular complexity index is 317. The number of rotatable bonds is 4. The molecule has 0 fully saturated rings. The van der Waals surface area contributed by atoms with Gasteiger partial charge in [0, 0.05) is 26.3 Å². The van der Waals surface area contributed by atoms with Gasteiger partial charge in [-0.05, 0) is 19.9 Å². The van der Waals surface area contributed by atoms with Crippen molar-refractivity contribution in [3.05, 3.63) is 18.0 Å². The van der Waals surface area contributed by atoms with Gasteiger partial charge in [0.1, 0.15) is 0 Å². The number of hydrogen-bond donors (Lipinski definition) is 1. The van der Waals surface area contributed by atoms with Crippen molar-refractivity contribution in [2.24, 2.45) is 7.05 Å². The summed E-state index contributed by atoms with van der Waals surface area (Å²) >= 11 is 0. The Labute approximate surface area is 90.1 Å². The highest BCUT2D eigenvalue weighted by molar-refractivity contribution is 5.73. The summed E-state index contributed by atoms with van der Waals surface area (Å²) in [7, 11) is 1.86. The molecule has 0 aliphatic heterocycles. The first-order valence-electron chi connectivity index (χ1n) is 5.18. The highest BCUT2D eigenvalue weighted by Gasteiger charge is 2.08. The van der Waals surface area contributed by atoms with Crippen LogP contribution in [0.5, 0.6) is 0 Å². The average Bonchev–Trinajstić information content (AvgIpc) is 2.63. The van der Waals surface area contributed by atoms with Crippen LogP contribution in [0.25, 0.3) is 0 Å². The third-order valence-corrected chi connectivity index (χ3v) is 2.39. The normalized spacial score (nSPS) is 10.1. The van der Waals surface area contributed by atoms with Gasteiger partial charge in [-0.1, -0.05) is 0 Å². The number of carbonyl (C=O) groups excluding carboxylic acids is 1. The molecule has 84 valence electrons. The lowest BCUT2D eigenvalue weighted by atomic mass is 10.4. The van der Waals surface area contributed by atoms with Crippen molar-refractivity contribution < 1.29 is 4.79 Å². The van der Waals surface area contributed by atoms with Gasteiger partial charge >= 0.3 is 6.03 Å². The van der Waals surface area contributed by atoms with Crippen LogP contribution >= 0.6 is 0 Å². The maximum atomic E-state index is 11.6. The lowest BCUT2D eigenvalue weighted by Gasteiger charge is -2.19. The number of aromatic nitrogens is 2. The molecule has 2 amide bonds. The summed E-state index contributed by atoms with van der Waals surface area (Å²) in [6, 6.07) is 1.86. The predicted molar refractivity (Wildman–Crippen MR) is 58.4 cm³/mol. The van der Waals surface area contributed by atoms with E-state index < -0.39 is 0 Å². The van der Waals surface area contributed by atoms with Crippen molar-refractivity contribution in [1.82, 2.24) is 20.0 Å². The summed E-state index contributed by atoms with van der Waals surface area (Å²) in [6.07, 6.45) is 1.72. The SMILES string of the molecule is CCN(CC)C(=O)NCc1ccnn1C. The summed E-state index contributed by atoms with van der Waals surface area (Å²) in [5, 5.41) is 6.89. The van der Waals surface area contributed by atoms with E-state index in [1.165, 1.54) is 0 Å². The van der Waals surface area contributed by atoms with Gasteiger partial charge in [0.25, 0.3) is 0 Å². The molecule has 0 aromatic carbocycles. The van der Waals surface area contributed by atoms with E-state index in [4.69, 9.17) is 0 Å². The Kier molecular flexibility index (Phi) is 4.15. The number of nitrogens with one attached hydrogen (secondary N) is 1. The molecular weight excluding hydrogens is 192 g/mol. The van der Waals surface area contributed by atoms with E-state index >= 15 is 0 Å². The van der Waals surface area contributed by atoms with Gasteiger partial charge in [-0.15, -0.1) is 0 Å². The van der Waals surface area contributed by atoms with Crippen molar-refractivity contribution in [1.29, 1.82) is 0 Å². The zero-order chi connectivity index (χ0) is 11.3. The number of carbonyl (C=O) groups is 1. The van der Waals surface area contributed by atoms with Crippen LogP contribution in [0.15, 0.2) is 12.3 Å². The van der Waals surface area contributed by atoms with Crippen LogP contribution in [0, 0.1) is 0 Å². The molecule has 0 aliphatic rings. The third kappa shape index (κ3) is 2.97. The van der Waals surface area contributed by atoms with E-state index in [1.807, 2.05) is 27.0 Å². The Morgan fingerprint density at radius 3 is 2.67 bits per heavy atom. The quantitative estimate of drug-likeness (QED) is 0.805. The summed E-state index contributed by atoms with van der Waals surface area (Å²) in [4.78, 5) is 13.3. The van der Waals surface area contributed by atoms with E-state index in [0.717, 1.165) is 18.8 Å². The number of hydrogen-bond acceptors (Lipinski definition) is 2. The maximum absolute atomic E-state index is 11.6. The van der Waals surface area contributed by atoms with Crippen molar-refractivity contribution in [2.75, 3.05) is 13.1 Å². The number of nitrogens with zero attached hydrogens (tertiary/aromatic N) is 3. The molecule has 0 atom stereocenters. The average molecular weight is 210 g/mol. The molecule has 0 unspecified atom stereocenters. The van der Waals surface area contributed by atoms with Crippen LogP contribution in [0.4, 0.5) is 4.79 Å². The second-order valence-corrected chi connectivity index (χ2v) is 3.28. The third-order valence-electron chi connectivity index (χ3n) is 2.39. The van der Waals surface area contributed by atoms with Gasteiger partial charge in [0.2, 0.25) is 0 Å². The van der Waals surface area contributed by atoms with Crippen LogP contribution in [0.3, 0.4) is 0 Å². The lowest BCUT2D eigenvalue weighted by molar-refractivity contribution is 0.202. The summed E-state index contributed by atoms with van der Waals surface area (Å²) < 4.78 is 1.75. The standard InChI is InChI=1S/C10H18N4O/c1-4-14(5-2)10(15)11-8-9-6-7-12-13(9)3/h6-7H,4-5,8H2,1-3H3,(H,11,15). The zero-order valence-electron chi connectivity index (χ0n) is 9.53. The van der Waals surface area contributed by atoms with E-state index in [0.29, 0.717) is 6.54 Å². The van der Waals surface area contributed by atoms with Crippen LogP contribution in [-0.4, -0.2) is 33.8 Å². The fraction of sp³-hybridized carbons (Fsp3) is 0.600. The minimum atomic E-state index is -0.0267. The fourth-order valence-electron chi connectivity index (χ4n) is 1.36. The molecule has 1 N–H and O–H groups in total. The number of amides is 2. The van der Waals surface area contributed by atoms with Crippen molar-refractivity contribution in [3.63, 3.8) is 0 Å². The minimum absolute atomic E-state index is 0.0267. The first kappa shape index (κ1) is 11.6. The number of aryl methyl sites for hydroxylation is 1. The van der Waals surface area contributed by atoms with Crippen LogP contribution < -0.4 is 5.32 Å². The molecule has 15 heavy (non-hydrogen) atoms. The zero-order valence-corrected chi connectivity index (χ0v) is 9.53. The predicted octanol–water partition coefficient (Wildman–Crippen LogP) is 0.971. The van der Waals surface area contributed by atoms with Gasteiger partial charge in [-0.2, -0.15) is 5.10 Å². The second kappa shape index (κ2) is 5.38. The van der Waals surface area contributed by atoms with E-state index in [2.05, 4.69) is 10.4 Å². The Hall–Kier alpha value is -1.52. The molecule has 1 heterocycles.